The van der Waals surface area contributed by atoms with Gasteiger partial charge in [-0.15, -0.1) is 0 Å². The van der Waals surface area contributed by atoms with Gasteiger partial charge in [-0.2, -0.15) is 0 Å². The second-order valence-corrected chi connectivity index (χ2v) is 6.77. The smallest absolute Gasteiger partial charge is 0.248 e. The fourth-order valence-corrected chi connectivity index (χ4v) is 3.84. The Bertz CT molecular complexity index is 981. The van der Waals surface area contributed by atoms with Gasteiger partial charge in [0, 0.05) is 23.2 Å². The lowest BCUT2D eigenvalue weighted by atomic mass is 9.94. The predicted molar refractivity (Wildman–Crippen MR) is 106 cm³/mol. The van der Waals surface area contributed by atoms with Crippen molar-refractivity contribution in [2.45, 2.75) is 6.42 Å². The van der Waals surface area contributed by atoms with E-state index < -0.39 is 0 Å². The second kappa shape index (κ2) is 7.08. The Balaban J connectivity index is 1.87. The van der Waals surface area contributed by atoms with Crippen LogP contribution in [0.1, 0.15) is 16.7 Å². The number of nitrogens with zero attached hydrogens (tertiary/aromatic N) is 2. The third-order valence-electron chi connectivity index (χ3n) is 4.89. The van der Waals surface area contributed by atoms with Crippen LogP contribution in [0.2, 0.25) is 5.02 Å². The van der Waals surface area contributed by atoms with Crippen LogP contribution in [-0.4, -0.2) is 43.8 Å². The molecule has 138 valence electrons. The first-order chi connectivity index (χ1) is 13.1. The summed E-state index contributed by atoms with van der Waals surface area (Å²) in [5.74, 6) is 1.41. The molecule has 1 amide bonds. The summed E-state index contributed by atoms with van der Waals surface area (Å²) >= 11 is 6.29. The lowest BCUT2D eigenvalue weighted by Gasteiger charge is -2.31. The molecule has 27 heavy (non-hydrogen) atoms. The highest BCUT2D eigenvalue weighted by Crippen LogP contribution is 2.39. The van der Waals surface area contributed by atoms with Crippen LogP contribution in [0.3, 0.4) is 0 Å². The second-order valence-electron chi connectivity index (χ2n) is 6.37. The number of allylic oxidation sites excluding steroid dienone is 1. The molecule has 0 aromatic heterocycles. The van der Waals surface area contributed by atoms with Gasteiger partial charge in [0.1, 0.15) is 18.0 Å². The Hall–Kier alpha value is -2.79. The number of fused-ring (bicyclic) bond motifs is 3. The van der Waals surface area contributed by atoms with Crippen molar-refractivity contribution in [3.8, 4) is 11.5 Å². The zero-order chi connectivity index (χ0) is 19.0. The van der Waals surface area contributed by atoms with Gasteiger partial charge >= 0.3 is 0 Å². The Morgan fingerprint density at radius 1 is 1.15 bits per heavy atom. The maximum atomic E-state index is 12.7. The van der Waals surface area contributed by atoms with Crippen molar-refractivity contribution in [2.75, 3.05) is 27.3 Å². The van der Waals surface area contributed by atoms with E-state index in [1.54, 1.807) is 25.2 Å². The van der Waals surface area contributed by atoms with Crippen molar-refractivity contribution in [3.05, 3.63) is 64.2 Å². The third-order valence-corrected chi connectivity index (χ3v) is 5.19. The molecule has 4 rings (SSSR count). The van der Waals surface area contributed by atoms with Crippen LogP contribution in [-0.2, 0) is 11.2 Å². The minimum absolute atomic E-state index is 0.0151. The number of carbonyl (C=O) groups excluding carboxylic acids is 1. The molecule has 2 aliphatic rings. The van der Waals surface area contributed by atoms with Gasteiger partial charge in [-0.3, -0.25) is 9.79 Å². The Morgan fingerprint density at radius 3 is 2.78 bits per heavy atom. The van der Waals surface area contributed by atoms with Crippen LogP contribution in [0.4, 0.5) is 0 Å². The highest BCUT2D eigenvalue weighted by atomic mass is 35.5. The summed E-state index contributed by atoms with van der Waals surface area (Å²) in [6, 6.07) is 11.4. The maximum Gasteiger partial charge on any atom is 0.248 e. The van der Waals surface area contributed by atoms with Crippen LogP contribution in [0.5, 0.6) is 11.5 Å². The fourth-order valence-electron chi connectivity index (χ4n) is 3.58. The average molecular weight is 383 g/mol. The number of halogens is 1. The molecule has 0 saturated heterocycles. The molecule has 2 aliphatic heterocycles. The van der Waals surface area contributed by atoms with Crippen molar-refractivity contribution in [3.63, 3.8) is 0 Å². The lowest BCUT2D eigenvalue weighted by Crippen LogP contribution is -2.36. The number of hydrogen-bond donors (Lipinski definition) is 0. The molecule has 2 heterocycles. The van der Waals surface area contributed by atoms with E-state index >= 15 is 0 Å². The SMILES string of the molecule is COc1cccc(C2=NCC(=O)N3CCc4c(ccc(Cl)c4OC)C3=C2)c1. The number of benzene rings is 2. The number of aliphatic imine (C=N–C) groups is 1. The first-order valence-electron chi connectivity index (χ1n) is 8.69. The summed E-state index contributed by atoms with van der Waals surface area (Å²) in [5, 5.41) is 0.576. The number of amides is 1. The maximum absolute atomic E-state index is 12.7. The molecule has 0 spiro atoms. The van der Waals surface area contributed by atoms with E-state index in [1.807, 2.05) is 36.4 Å². The number of hydrogen-bond acceptors (Lipinski definition) is 4. The van der Waals surface area contributed by atoms with Gasteiger partial charge in [-0.1, -0.05) is 29.8 Å². The van der Waals surface area contributed by atoms with Crippen molar-refractivity contribution in [1.82, 2.24) is 4.90 Å². The fraction of sp³-hybridized carbons (Fsp3) is 0.238. The number of ether oxygens (including phenoxy) is 2. The van der Waals surface area contributed by atoms with Crippen LogP contribution in [0, 0.1) is 0 Å². The number of rotatable bonds is 3. The van der Waals surface area contributed by atoms with Crippen LogP contribution in [0.25, 0.3) is 5.70 Å². The molecule has 2 aromatic rings. The van der Waals surface area contributed by atoms with Crippen molar-refractivity contribution in [1.29, 1.82) is 0 Å². The average Bonchev–Trinajstić information content (AvgIpc) is 2.87. The lowest BCUT2D eigenvalue weighted by molar-refractivity contribution is -0.126. The zero-order valence-corrected chi connectivity index (χ0v) is 15.9. The summed E-state index contributed by atoms with van der Waals surface area (Å²) in [5.41, 5.74) is 4.46. The molecule has 0 fully saturated rings. The minimum atomic E-state index is -0.0151. The van der Waals surface area contributed by atoms with E-state index in [2.05, 4.69) is 4.99 Å². The number of carbonyl (C=O) groups is 1. The monoisotopic (exact) mass is 382 g/mol. The van der Waals surface area contributed by atoms with Crippen molar-refractivity contribution in [2.24, 2.45) is 4.99 Å². The molecule has 0 atom stereocenters. The van der Waals surface area contributed by atoms with E-state index in [4.69, 9.17) is 21.1 Å². The normalized spacial score (nSPS) is 16.0. The first kappa shape index (κ1) is 17.6. The standard InChI is InChI=1S/C21H19ClN2O3/c1-26-14-5-3-4-13(10-14)18-11-19-15-6-7-17(22)21(27-2)16(15)8-9-24(19)20(25)12-23-18/h3-7,10-11H,8-9,12H2,1-2H3. The zero-order valence-electron chi connectivity index (χ0n) is 15.2. The summed E-state index contributed by atoms with van der Waals surface area (Å²) in [7, 11) is 3.24. The van der Waals surface area contributed by atoms with Gasteiger partial charge in [-0.05, 0) is 30.7 Å². The van der Waals surface area contributed by atoms with Crippen molar-refractivity contribution >= 4 is 28.9 Å². The highest BCUT2D eigenvalue weighted by molar-refractivity contribution is 6.32. The molecule has 0 bridgehead atoms. The summed E-state index contributed by atoms with van der Waals surface area (Å²) < 4.78 is 10.8. The van der Waals surface area contributed by atoms with Gasteiger partial charge in [0.15, 0.2) is 0 Å². The largest absolute Gasteiger partial charge is 0.497 e. The van der Waals surface area contributed by atoms with Crippen LogP contribution >= 0.6 is 11.6 Å². The Kier molecular flexibility index (Phi) is 4.62. The van der Waals surface area contributed by atoms with Gasteiger partial charge in [0.05, 0.1) is 30.7 Å². The summed E-state index contributed by atoms with van der Waals surface area (Å²) in [6.45, 7) is 0.696. The van der Waals surface area contributed by atoms with E-state index in [0.29, 0.717) is 23.7 Å². The van der Waals surface area contributed by atoms with Gasteiger partial charge in [0.2, 0.25) is 5.91 Å². The van der Waals surface area contributed by atoms with Crippen LogP contribution in [0.15, 0.2) is 47.5 Å². The van der Waals surface area contributed by atoms with Gasteiger partial charge < -0.3 is 14.4 Å². The Morgan fingerprint density at radius 2 is 2.00 bits per heavy atom. The molecule has 6 heteroatoms. The van der Waals surface area contributed by atoms with Crippen LogP contribution < -0.4 is 9.47 Å². The molecule has 2 aromatic carbocycles. The first-order valence-corrected chi connectivity index (χ1v) is 9.07. The molecule has 0 N–H and O–H groups in total. The van der Waals surface area contributed by atoms with Gasteiger partial charge in [-0.25, -0.2) is 0 Å². The summed E-state index contributed by atoms with van der Waals surface area (Å²) in [6.07, 6.45) is 2.65. The highest BCUT2D eigenvalue weighted by Gasteiger charge is 2.30. The van der Waals surface area contributed by atoms with E-state index in [0.717, 1.165) is 33.8 Å². The molecule has 5 nitrogen and oxygen atoms in total. The molecule has 0 radical (unpaired) electrons. The topological polar surface area (TPSA) is 51.1 Å². The predicted octanol–water partition coefficient (Wildman–Crippen LogP) is 3.59. The molecule has 0 saturated carbocycles. The number of methoxy groups -OCH3 is 2. The molecular formula is C21H19ClN2O3. The molecular weight excluding hydrogens is 364 g/mol. The third kappa shape index (κ3) is 3.08. The summed E-state index contributed by atoms with van der Waals surface area (Å²) in [4.78, 5) is 19.0. The molecule has 0 unspecified atom stereocenters. The molecule has 0 aliphatic carbocycles. The van der Waals surface area contributed by atoms with Gasteiger partial charge in [0.25, 0.3) is 0 Å². The Labute approximate surface area is 162 Å². The van der Waals surface area contributed by atoms with E-state index in [-0.39, 0.29) is 12.5 Å². The van der Waals surface area contributed by atoms with Crippen molar-refractivity contribution < 1.29 is 14.3 Å². The quantitative estimate of drug-likeness (QED) is 0.815. The van der Waals surface area contributed by atoms with E-state index in [9.17, 15) is 4.79 Å². The minimum Gasteiger partial charge on any atom is -0.497 e. The van der Waals surface area contributed by atoms with E-state index in [1.165, 1.54) is 0 Å².